The third-order valence-corrected chi connectivity index (χ3v) is 5.17. The van der Waals surface area contributed by atoms with Crippen LogP contribution >= 0.6 is 0 Å². The first kappa shape index (κ1) is 12.2. The lowest BCUT2D eigenvalue weighted by molar-refractivity contribution is 0.601. The van der Waals surface area contributed by atoms with Crippen molar-refractivity contribution in [2.24, 2.45) is 0 Å². The first-order chi connectivity index (χ1) is 7.89. The number of hydrogen-bond donors (Lipinski definition) is 1. The third-order valence-electron chi connectivity index (χ3n) is 3.42. The molecule has 1 unspecified atom stereocenters. The van der Waals surface area contributed by atoms with Gasteiger partial charge >= 0.3 is 0 Å². The van der Waals surface area contributed by atoms with Crippen LogP contribution < -0.4 is 10.6 Å². The van der Waals surface area contributed by atoms with Gasteiger partial charge in [0.1, 0.15) is 0 Å². The Hall–Kier alpha value is -1.23. The topological polar surface area (TPSA) is 63.4 Å². The maximum Gasteiger partial charge on any atom is 0.152 e. The number of rotatable bonds is 2. The number of sulfone groups is 1. The molecule has 4 nitrogen and oxygen atoms in total. The summed E-state index contributed by atoms with van der Waals surface area (Å²) in [5.74, 6) is 0.558. The second-order valence-electron chi connectivity index (χ2n) is 4.71. The molecule has 0 radical (unpaired) electrons. The Bertz CT molecular complexity index is 525. The van der Waals surface area contributed by atoms with Crippen LogP contribution in [0.5, 0.6) is 0 Å². The molecule has 1 aliphatic heterocycles. The van der Waals surface area contributed by atoms with Crippen molar-refractivity contribution in [1.29, 1.82) is 0 Å². The minimum atomic E-state index is -2.83. The molecule has 0 saturated carbocycles. The van der Waals surface area contributed by atoms with Crippen LogP contribution in [0.15, 0.2) is 18.2 Å². The first-order valence-corrected chi connectivity index (χ1v) is 7.50. The quantitative estimate of drug-likeness (QED) is 0.806. The van der Waals surface area contributed by atoms with E-state index in [1.807, 2.05) is 37.1 Å². The number of benzene rings is 1. The standard InChI is InChI=1S/C12H18N2O2S/c1-9-7-10(3-4-12(9)13)14(2)11-5-6-17(15,16)8-11/h3-4,7,11H,5-6,8,13H2,1-2H3. The molecule has 1 saturated heterocycles. The smallest absolute Gasteiger partial charge is 0.152 e. The number of hydrogen-bond acceptors (Lipinski definition) is 4. The average Bonchev–Trinajstić information content (AvgIpc) is 2.62. The maximum atomic E-state index is 11.5. The number of nitrogens with two attached hydrogens (primary N) is 1. The molecule has 17 heavy (non-hydrogen) atoms. The fourth-order valence-corrected chi connectivity index (χ4v) is 3.95. The van der Waals surface area contributed by atoms with Crippen molar-refractivity contribution in [2.75, 3.05) is 29.2 Å². The third kappa shape index (κ3) is 2.54. The van der Waals surface area contributed by atoms with Crippen molar-refractivity contribution in [2.45, 2.75) is 19.4 Å². The molecule has 2 N–H and O–H groups in total. The van der Waals surface area contributed by atoms with E-state index < -0.39 is 9.84 Å². The zero-order chi connectivity index (χ0) is 12.6. The molecule has 0 aliphatic carbocycles. The van der Waals surface area contributed by atoms with Gasteiger partial charge in [-0.2, -0.15) is 0 Å². The van der Waals surface area contributed by atoms with Gasteiger partial charge in [0.25, 0.3) is 0 Å². The van der Waals surface area contributed by atoms with Gasteiger partial charge in [-0.15, -0.1) is 0 Å². The van der Waals surface area contributed by atoms with Crippen molar-refractivity contribution in [1.82, 2.24) is 0 Å². The largest absolute Gasteiger partial charge is 0.399 e. The Labute approximate surface area is 102 Å². The predicted molar refractivity (Wildman–Crippen MR) is 71.1 cm³/mol. The van der Waals surface area contributed by atoms with Crippen LogP contribution in [-0.4, -0.2) is 33.0 Å². The molecule has 1 aromatic carbocycles. The lowest BCUT2D eigenvalue weighted by Gasteiger charge is -2.26. The molecular weight excluding hydrogens is 236 g/mol. The van der Waals surface area contributed by atoms with Crippen LogP contribution in [0, 0.1) is 6.92 Å². The van der Waals surface area contributed by atoms with Crippen molar-refractivity contribution in [3.8, 4) is 0 Å². The van der Waals surface area contributed by atoms with Gasteiger partial charge in [-0.25, -0.2) is 8.42 Å². The average molecular weight is 254 g/mol. The highest BCUT2D eigenvalue weighted by atomic mass is 32.2. The fourth-order valence-electron chi connectivity index (χ4n) is 2.17. The predicted octanol–water partition coefficient (Wildman–Crippen LogP) is 1.20. The summed E-state index contributed by atoms with van der Waals surface area (Å²) in [6, 6.07) is 5.89. The number of nitrogens with zero attached hydrogens (tertiary/aromatic N) is 1. The van der Waals surface area contributed by atoms with Crippen LogP contribution in [0.3, 0.4) is 0 Å². The Morgan fingerprint density at radius 3 is 2.65 bits per heavy atom. The highest BCUT2D eigenvalue weighted by Gasteiger charge is 2.30. The van der Waals surface area contributed by atoms with Gasteiger partial charge < -0.3 is 10.6 Å². The lowest BCUT2D eigenvalue weighted by atomic mass is 10.1. The van der Waals surface area contributed by atoms with E-state index in [-0.39, 0.29) is 11.8 Å². The summed E-state index contributed by atoms with van der Waals surface area (Å²) in [6.45, 7) is 1.96. The van der Waals surface area contributed by atoms with Gasteiger partial charge in [-0.3, -0.25) is 0 Å². The van der Waals surface area contributed by atoms with E-state index in [0.29, 0.717) is 12.2 Å². The van der Waals surface area contributed by atoms with Crippen LogP contribution in [0.25, 0.3) is 0 Å². The van der Waals surface area contributed by atoms with Gasteiger partial charge in [0.15, 0.2) is 9.84 Å². The van der Waals surface area contributed by atoms with Gasteiger partial charge in [0.05, 0.1) is 11.5 Å². The van der Waals surface area contributed by atoms with E-state index in [2.05, 4.69) is 0 Å². The molecule has 1 heterocycles. The van der Waals surface area contributed by atoms with E-state index in [0.717, 1.165) is 16.9 Å². The number of nitrogen functional groups attached to an aromatic ring is 1. The minimum Gasteiger partial charge on any atom is -0.399 e. The van der Waals surface area contributed by atoms with Gasteiger partial charge in [0, 0.05) is 24.5 Å². The van der Waals surface area contributed by atoms with Crippen LogP contribution in [0.4, 0.5) is 11.4 Å². The molecule has 1 aliphatic rings. The number of anilines is 2. The van der Waals surface area contributed by atoms with Crippen LogP contribution in [0.2, 0.25) is 0 Å². The maximum absolute atomic E-state index is 11.5. The Morgan fingerprint density at radius 1 is 1.41 bits per heavy atom. The summed E-state index contributed by atoms with van der Waals surface area (Å²) in [4.78, 5) is 2.04. The van der Waals surface area contributed by atoms with Crippen molar-refractivity contribution in [3.63, 3.8) is 0 Å². The molecule has 0 bridgehead atoms. The van der Waals surface area contributed by atoms with Crippen molar-refractivity contribution in [3.05, 3.63) is 23.8 Å². The van der Waals surface area contributed by atoms with E-state index in [9.17, 15) is 8.42 Å². The summed E-state index contributed by atoms with van der Waals surface area (Å²) in [5.41, 5.74) is 8.59. The normalized spacial score (nSPS) is 22.6. The highest BCUT2D eigenvalue weighted by Crippen LogP contribution is 2.25. The Kier molecular flexibility index (Phi) is 3.03. The molecule has 0 aromatic heterocycles. The monoisotopic (exact) mass is 254 g/mol. The molecular formula is C12H18N2O2S. The van der Waals surface area contributed by atoms with Crippen LogP contribution in [-0.2, 0) is 9.84 Å². The molecule has 1 aromatic rings. The second-order valence-corrected chi connectivity index (χ2v) is 6.94. The van der Waals surface area contributed by atoms with Gasteiger partial charge in [-0.1, -0.05) is 0 Å². The summed E-state index contributed by atoms with van der Waals surface area (Å²) >= 11 is 0. The molecule has 0 amide bonds. The molecule has 0 spiro atoms. The SMILES string of the molecule is Cc1cc(N(C)C2CCS(=O)(=O)C2)ccc1N. The molecule has 5 heteroatoms. The summed E-state index contributed by atoms with van der Waals surface area (Å²) in [6.07, 6.45) is 0.711. The zero-order valence-corrected chi connectivity index (χ0v) is 11.0. The fraction of sp³-hybridized carbons (Fsp3) is 0.500. The summed E-state index contributed by atoms with van der Waals surface area (Å²) in [7, 11) is -0.892. The van der Waals surface area contributed by atoms with E-state index in [1.54, 1.807) is 0 Å². The number of aryl methyl sites for hydroxylation is 1. The van der Waals surface area contributed by atoms with Crippen molar-refractivity contribution < 1.29 is 8.42 Å². The first-order valence-electron chi connectivity index (χ1n) is 5.68. The highest BCUT2D eigenvalue weighted by molar-refractivity contribution is 7.91. The minimum absolute atomic E-state index is 0.0861. The van der Waals surface area contributed by atoms with Gasteiger partial charge in [0.2, 0.25) is 0 Å². The summed E-state index contributed by atoms with van der Waals surface area (Å²) in [5, 5.41) is 0. The van der Waals surface area contributed by atoms with E-state index in [4.69, 9.17) is 5.73 Å². The molecule has 94 valence electrons. The van der Waals surface area contributed by atoms with Crippen LogP contribution in [0.1, 0.15) is 12.0 Å². The lowest BCUT2D eigenvalue weighted by Crippen LogP contribution is -2.32. The Morgan fingerprint density at radius 2 is 2.12 bits per heavy atom. The van der Waals surface area contributed by atoms with E-state index in [1.165, 1.54) is 0 Å². The zero-order valence-electron chi connectivity index (χ0n) is 10.2. The molecule has 2 rings (SSSR count). The molecule has 1 fully saturated rings. The Balaban J connectivity index is 2.20. The van der Waals surface area contributed by atoms with Gasteiger partial charge in [-0.05, 0) is 37.1 Å². The van der Waals surface area contributed by atoms with E-state index >= 15 is 0 Å². The molecule has 1 atom stereocenters. The summed E-state index contributed by atoms with van der Waals surface area (Å²) < 4.78 is 22.9. The van der Waals surface area contributed by atoms with Crippen molar-refractivity contribution >= 4 is 21.2 Å². The second kappa shape index (κ2) is 4.22.